The molecule has 10 heteroatoms. The molecule has 3 aromatic rings. The summed E-state index contributed by atoms with van der Waals surface area (Å²) in [7, 11) is 1.63. The maximum Gasteiger partial charge on any atom is 0.355 e. The monoisotopic (exact) mass is 443 g/mol. The number of hydrogen-bond acceptors (Lipinski definition) is 8. The molecular weight excluding hydrogens is 418 g/mol. The third kappa shape index (κ3) is 5.02. The average molecular weight is 444 g/mol. The van der Waals surface area contributed by atoms with Gasteiger partial charge in [0.2, 0.25) is 0 Å². The highest BCUT2D eigenvalue weighted by molar-refractivity contribution is 7.99. The molecule has 0 saturated heterocycles. The third-order valence-corrected chi connectivity index (χ3v) is 5.67. The standard InChI is InChI=1S/C21H25N5O4S/c1-5-30-20(28)18-13(2)17(14(3)23-18)16(27)12-31-21-25-24-19(26(21)10-11-29-4)15-6-8-22-9-7-15/h6-9,23H,5,10-12H2,1-4H3. The Morgan fingerprint density at radius 1 is 1.19 bits per heavy atom. The van der Waals surface area contributed by atoms with Crippen LogP contribution >= 0.6 is 11.8 Å². The smallest absolute Gasteiger partial charge is 0.355 e. The molecule has 0 aromatic carbocycles. The van der Waals surface area contributed by atoms with Crippen molar-refractivity contribution < 1.29 is 19.1 Å². The molecule has 1 N–H and O–H groups in total. The number of pyridine rings is 1. The maximum absolute atomic E-state index is 13.0. The van der Waals surface area contributed by atoms with E-state index in [0.717, 1.165) is 5.56 Å². The quantitative estimate of drug-likeness (QED) is 0.289. The first-order valence-corrected chi connectivity index (χ1v) is 10.8. The van der Waals surface area contributed by atoms with E-state index < -0.39 is 5.97 Å². The summed E-state index contributed by atoms with van der Waals surface area (Å²) in [6.45, 7) is 6.56. The van der Waals surface area contributed by atoms with Crippen LogP contribution in [0.5, 0.6) is 0 Å². The van der Waals surface area contributed by atoms with Crippen LogP contribution in [0, 0.1) is 13.8 Å². The van der Waals surface area contributed by atoms with E-state index in [4.69, 9.17) is 9.47 Å². The summed E-state index contributed by atoms with van der Waals surface area (Å²) in [6, 6.07) is 3.71. The Labute approximate surface area is 184 Å². The summed E-state index contributed by atoms with van der Waals surface area (Å²) < 4.78 is 12.2. The van der Waals surface area contributed by atoms with Crippen LogP contribution in [0.25, 0.3) is 11.4 Å². The van der Waals surface area contributed by atoms with Crippen LogP contribution in [-0.4, -0.2) is 62.6 Å². The molecular formula is C21H25N5O4S. The number of aromatic nitrogens is 5. The van der Waals surface area contributed by atoms with Crippen LogP contribution < -0.4 is 0 Å². The van der Waals surface area contributed by atoms with Crippen LogP contribution in [0.4, 0.5) is 0 Å². The van der Waals surface area contributed by atoms with Gasteiger partial charge in [-0.25, -0.2) is 4.79 Å². The molecule has 0 atom stereocenters. The number of nitrogens with zero attached hydrogens (tertiary/aromatic N) is 4. The van der Waals surface area contributed by atoms with Gasteiger partial charge in [-0.05, 0) is 38.5 Å². The number of nitrogens with one attached hydrogen (secondary N) is 1. The fraction of sp³-hybridized carbons (Fsp3) is 0.381. The van der Waals surface area contributed by atoms with Gasteiger partial charge in [0.05, 0.1) is 25.5 Å². The van der Waals surface area contributed by atoms with Crippen molar-refractivity contribution in [1.82, 2.24) is 24.7 Å². The van der Waals surface area contributed by atoms with Gasteiger partial charge >= 0.3 is 5.97 Å². The van der Waals surface area contributed by atoms with E-state index in [1.54, 1.807) is 40.3 Å². The second-order valence-electron chi connectivity index (χ2n) is 6.74. The summed E-state index contributed by atoms with van der Waals surface area (Å²) in [5, 5.41) is 9.20. The van der Waals surface area contributed by atoms with Crippen LogP contribution in [-0.2, 0) is 16.0 Å². The lowest BCUT2D eigenvalue weighted by Crippen LogP contribution is -2.10. The van der Waals surface area contributed by atoms with Gasteiger partial charge < -0.3 is 14.5 Å². The number of rotatable bonds is 10. The number of esters is 1. The first kappa shape index (κ1) is 22.7. The maximum atomic E-state index is 13.0. The van der Waals surface area contributed by atoms with Crippen molar-refractivity contribution in [3.8, 4) is 11.4 Å². The van der Waals surface area contributed by atoms with E-state index >= 15 is 0 Å². The van der Waals surface area contributed by atoms with E-state index in [-0.39, 0.29) is 18.1 Å². The zero-order valence-electron chi connectivity index (χ0n) is 18.0. The second-order valence-corrected chi connectivity index (χ2v) is 7.69. The van der Waals surface area contributed by atoms with E-state index in [1.807, 2.05) is 16.7 Å². The van der Waals surface area contributed by atoms with Crippen molar-refractivity contribution in [2.24, 2.45) is 0 Å². The van der Waals surface area contributed by atoms with Crippen molar-refractivity contribution in [2.45, 2.75) is 32.5 Å². The van der Waals surface area contributed by atoms with Crippen LogP contribution in [0.3, 0.4) is 0 Å². The highest BCUT2D eigenvalue weighted by Gasteiger charge is 2.23. The Bertz CT molecular complexity index is 1060. The number of methoxy groups -OCH3 is 1. The number of carbonyl (C=O) groups is 2. The van der Waals surface area contributed by atoms with E-state index in [0.29, 0.717) is 46.6 Å². The minimum atomic E-state index is -0.462. The zero-order valence-corrected chi connectivity index (χ0v) is 18.8. The summed E-state index contributed by atoms with van der Waals surface area (Å²) in [5.74, 6) is 0.283. The van der Waals surface area contributed by atoms with Crippen LogP contribution in [0.15, 0.2) is 29.7 Å². The predicted octanol–water partition coefficient (Wildman–Crippen LogP) is 3.08. The first-order chi connectivity index (χ1) is 15.0. The topological polar surface area (TPSA) is 112 Å². The fourth-order valence-corrected chi connectivity index (χ4v) is 4.11. The van der Waals surface area contributed by atoms with E-state index in [2.05, 4.69) is 20.2 Å². The SMILES string of the molecule is CCOC(=O)c1[nH]c(C)c(C(=O)CSc2nnc(-c3ccncc3)n2CCOC)c1C. The van der Waals surface area contributed by atoms with Crippen molar-refractivity contribution in [2.75, 3.05) is 26.1 Å². The molecule has 0 unspecified atom stereocenters. The first-order valence-electron chi connectivity index (χ1n) is 9.82. The number of ketones is 1. The molecule has 0 aliphatic rings. The van der Waals surface area contributed by atoms with Crippen molar-refractivity contribution in [1.29, 1.82) is 0 Å². The Morgan fingerprint density at radius 3 is 2.61 bits per heavy atom. The molecule has 0 fully saturated rings. The minimum Gasteiger partial charge on any atom is -0.461 e. The molecule has 0 aliphatic carbocycles. The third-order valence-electron chi connectivity index (χ3n) is 4.70. The summed E-state index contributed by atoms with van der Waals surface area (Å²) in [4.78, 5) is 32.1. The molecule has 0 aliphatic heterocycles. The molecule has 3 rings (SSSR count). The summed E-state index contributed by atoms with van der Waals surface area (Å²) in [5.41, 5.74) is 2.95. The Morgan fingerprint density at radius 2 is 1.94 bits per heavy atom. The van der Waals surface area contributed by atoms with Gasteiger partial charge in [0.25, 0.3) is 0 Å². The fourth-order valence-electron chi connectivity index (χ4n) is 3.27. The van der Waals surface area contributed by atoms with Crippen LogP contribution in [0.2, 0.25) is 0 Å². The minimum absolute atomic E-state index is 0.0986. The summed E-state index contributed by atoms with van der Waals surface area (Å²) >= 11 is 1.30. The number of aryl methyl sites for hydroxylation is 1. The lowest BCUT2D eigenvalue weighted by Gasteiger charge is -2.09. The van der Waals surface area contributed by atoms with E-state index in [1.165, 1.54) is 11.8 Å². The molecule has 31 heavy (non-hydrogen) atoms. The molecule has 0 saturated carbocycles. The Balaban J connectivity index is 1.81. The van der Waals surface area contributed by atoms with E-state index in [9.17, 15) is 9.59 Å². The lowest BCUT2D eigenvalue weighted by molar-refractivity contribution is 0.0519. The molecule has 164 valence electrons. The summed E-state index contributed by atoms with van der Waals surface area (Å²) in [6.07, 6.45) is 3.39. The molecule has 3 heterocycles. The highest BCUT2D eigenvalue weighted by Crippen LogP contribution is 2.26. The van der Waals surface area contributed by atoms with Gasteiger partial charge in [-0.3, -0.25) is 14.3 Å². The predicted molar refractivity (Wildman–Crippen MR) is 116 cm³/mol. The van der Waals surface area contributed by atoms with Gasteiger partial charge in [0.15, 0.2) is 16.8 Å². The van der Waals surface area contributed by atoms with Crippen molar-refractivity contribution >= 4 is 23.5 Å². The number of hydrogen-bond donors (Lipinski definition) is 1. The number of Topliss-reactive ketones (excluding diaryl/α,β-unsaturated/α-hetero) is 1. The number of thioether (sulfide) groups is 1. The van der Waals surface area contributed by atoms with Gasteiger partial charge in [-0.1, -0.05) is 11.8 Å². The molecule has 0 bridgehead atoms. The largest absolute Gasteiger partial charge is 0.461 e. The van der Waals surface area contributed by atoms with Gasteiger partial charge in [0.1, 0.15) is 5.69 Å². The normalized spacial score (nSPS) is 11.0. The Hall–Kier alpha value is -2.98. The second kappa shape index (κ2) is 10.4. The van der Waals surface area contributed by atoms with Crippen molar-refractivity contribution in [3.05, 3.63) is 47.0 Å². The van der Waals surface area contributed by atoms with Gasteiger partial charge in [-0.15, -0.1) is 10.2 Å². The number of carbonyl (C=O) groups excluding carboxylic acids is 2. The van der Waals surface area contributed by atoms with Gasteiger partial charge in [0, 0.05) is 36.3 Å². The molecule has 0 spiro atoms. The van der Waals surface area contributed by atoms with Crippen LogP contribution in [0.1, 0.15) is 39.0 Å². The molecule has 0 amide bonds. The average Bonchev–Trinajstić information content (AvgIpc) is 3.31. The zero-order chi connectivity index (χ0) is 22.4. The number of ether oxygens (including phenoxy) is 2. The highest BCUT2D eigenvalue weighted by atomic mass is 32.2. The number of aromatic amines is 1. The lowest BCUT2D eigenvalue weighted by atomic mass is 10.1. The molecule has 0 radical (unpaired) electrons. The Kier molecular flexibility index (Phi) is 7.59. The number of H-pyrrole nitrogens is 1. The van der Waals surface area contributed by atoms with Gasteiger partial charge in [-0.2, -0.15) is 0 Å². The van der Waals surface area contributed by atoms with Crippen molar-refractivity contribution in [3.63, 3.8) is 0 Å². The molecule has 9 nitrogen and oxygen atoms in total. The molecule has 3 aromatic heterocycles.